The van der Waals surface area contributed by atoms with Crippen molar-refractivity contribution in [3.63, 3.8) is 0 Å². The molecule has 2 heterocycles. The maximum absolute atomic E-state index is 12.6. The Morgan fingerprint density at radius 3 is 2.86 bits per heavy atom. The summed E-state index contributed by atoms with van der Waals surface area (Å²) in [7, 11) is 1.87. The summed E-state index contributed by atoms with van der Waals surface area (Å²) in [6.07, 6.45) is 7.29. The molecule has 0 bridgehead atoms. The van der Waals surface area contributed by atoms with Crippen LogP contribution in [-0.2, 0) is 24.7 Å². The third kappa shape index (κ3) is 2.88. The van der Waals surface area contributed by atoms with Gasteiger partial charge < -0.3 is 5.32 Å². The van der Waals surface area contributed by atoms with Gasteiger partial charge in [0, 0.05) is 13.1 Å². The van der Waals surface area contributed by atoms with Crippen LogP contribution >= 0.6 is 11.6 Å². The molecule has 21 heavy (non-hydrogen) atoms. The van der Waals surface area contributed by atoms with E-state index in [2.05, 4.69) is 10.4 Å². The van der Waals surface area contributed by atoms with Gasteiger partial charge in [0.1, 0.15) is 0 Å². The Hall–Kier alpha value is -0.870. The lowest BCUT2D eigenvalue weighted by Crippen LogP contribution is -2.38. The van der Waals surface area contributed by atoms with Crippen molar-refractivity contribution >= 4 is 17.4 Å². The Balaban J connectivity index is 1.68. The number of nitrogens with one attached hydrogen (secondary N) is 1. The minimum Gasteiger partial charge on any atom is -0.304 e. The molecule has 0 spiro atoms. The zero-order chi connectivity index (χ0) is 15.0. The van der Waals surface area contributed by atoms with Crippen LogP contribution in [0.15, 0.2) is 0 Å². The normalized spacial score (nSPS) is 28.6. The van der Waals surface area contributed by atoms with E-state index in [0.717, 1.165) is 24.2 Å². The van der Waals surface area contributed by atoms with Crippen LogP contribution < -0.4 is 5.32 Å². The summed E-state index contributed by atoms with van der Waals surface area (Å²) in [5, 5.41) is 8.61. The first-order valence-electron chi connectivity index (χ1n) is 8.09. The van der Waals surface area contributed by atoms with Gasteiger partial charge in [-0.2, -0.15) is 5.10 Å². The van der Waals surface area contributed by atoms with Crippen LogP contribution in [0.25, 0.3) is 0 Å². The topological polar surface area (TPSA) is 46.9 Å². The number of aryl methyl sites for hydroxylation is 2. The zero-order valence-electron chi connectivity index (χ0n) is 12.9. The van der Waals surface area contributed by atoms with Crippen LogP contribution in [0, 0.1) is 5.92 Å². The highest BCUT2D eigenvalue weighted by molar-refractivity contribution is 6.32. The molecule has 1 aliphatic carbocycles. The van der Waals surface area contributed by atoms with Gasteiger partial charge in [-0.3, -0.25) is 9.48 Å². The van der Waals surface area contributed by atoms with Crippen molar-refractivity contribution in [1.29, 1.82) is 0 Å². The van der Waals surface area contributed by atoms with Crippen molar-refractivity contribution in [2.75, 3.05) is 0 Å². The fourth-order valence-corrected chi connectivity index (χ4v) is 4.22. The van der Waals surface area contributed by atoms with Crippen LogP contribution in [0.5, 0.6) is 0 Å². The summed E-state index contributed by atoms with van der Waals surface area (Å²) in [6, 6.07) is 0.565. The summed E-state index contributed by atoms with van der Waals surface area (Å²) in [6.45, 7) is 2.03. The SMILES string of the molecule is CCc1nn(C)c(CC(=O)C2CC3CCCCC3N2)c1Cl. The van der Waals surface area contributed by atoms with E-state index in [-0.39, 0.29) is 11.8 Å². The summed E-state index contributed by atoms with van der Waals surface area (Å²) in [4.78, 5) is 12.6. The number of ketones is 1. The van der Waals surface area contributed by atoms with Gasteiger partial charge in [-0.1, -0.05) is 31.4 Å². The van der Waals surface area contributed by atoms with E-state index in [4.69, 9.17) is 11.6 Å². The number of hydrogen-bond donors (Lipinski definition) is 1. The van der Waals surface area contributed by atoms with E-state index in [9.17, 15) is 4.79 Å². The Morgan fingerprint density at radius 1 is 1.43 bits per heavy atom. The second-order valence-electron chi connectivity index (χ2n) is 6.43. The lowest BCUT2D eigenvalue weighted by molar-refractivity contribution is -0.120. The smallest absolute Gasteiger partial charge is 0.155 e. The number of nitrogens with zero attached hydrogens (tertiary/aromatic N) is 2. The molecule has 2 aliphatic rings. The highest BCUT2D eigenvalue weighted by atomic mass is 35.5. The third-order valence-corrected chi connectivity index (χ3v) is 5.53. The van der Waals surface area contributed by atoms with Gasteiger partial charge in [0.2, 0.25) is 0 Å². The molecular formula is C16H24ClN3O. The molecule has 4 nitrogen and oxygen atoms in total. The van der Waals surface area contributed by atoms with Crippen LogP contribution in [-0.4, -0.2) is 27.6 Å². The van der Waals surface area contributed by atoms with Crippen molar-refractivity contribution in [2.45, 2.75) is 64.0 Å². The van der Waals surface area contributed by atoms with Gasteiger partial charge in [-0.15, -0.1) is 0 Å². The Kier molecular flexibility index (Phi) is 4.36. The van der Waals surface area contributed by atoms with Crippen molar-refractivity contribution < 1.29 is 4.79 Å². The second-order valence-corrected chi connectivity index (χ2v) is 6.81. The molecule has 3 atom stereocenters. The van der Waals surface area contributed by atoms with E-state index < -0.39 is 0 Å². The maximum Gasteiger partial charge on any atom is 0.155 e. The number of rotatable bonds is 4. The molecule has 0 aromatic carbocycles. The average Bonchev–Trinajstić information content (AvgIpc) is 3.03. The van der Waals surface area contributed by atoms with E-state index in [1.54, 1.807) is 4.68 Å². The monoisotopic (exact) mass is 309 g/mol. The molecule has 1 saturated carbocycles. The van der Waals surface area contributed by atoms with Crippen LogP contribution in [0.2, 0.25) is 5.02 Å². The summed E-state index contributed by atoms with van der Waals surface area (Å²) >= 11 is 6.35. The fourth-order valence-electron chi connectivity index (χ4n) is 3.86. The largest absolute Gasteiger partial charge is 0.304 e. The fraction of sp³-hybridized carbons (Fsp3) is 0.750. The van der Waals surface area contributed by atoms with Gasteiger partial charge in [0.15, 0.2) is 5.78 Å². The number of carbonyl (C=O) groups excluding carboxylic acids is 1. The third-order valence-electron chi connectivity index (χ3n) is 5.10. The predicted octanol–water partition coefficient (Wildman–Crippen LogP) is 2.67. The Bertz CT molecular complexity index is 526. The van der Waals surface area contributed by atoms with Crippen molar-refractivity contribution in [3.05, 3.63) is 16.4 Å². The Labute approximate surface area is 131 Å². The number of fused-ring (bicyclic) bond motifs is 1. The highest BCUT2D eigenvalue weighted by Crippen LogP contribution is 2.34. The first-order chi connectivity index (χ1) is 10.1. The molecular weight excluding hydrogens is 286 g/mol. The van der Waals surface area contributed by atoms with Crippen LogP contribution in [0.4, 0.5) is 0 Å². The van der Waals surface area contributed by atoms with Gasteiger partial charge in [0.05, 0.1) is 28.9 Å². The molecule has 1 N–H and O–H groups in total. The molecule has 1 aromatic heterocycles. The molecule has 1 aromatic rings. The van der Waals surface area contributed by atoms with Crippen molar-refractivity contribution in [3.8, 4) is 0 Å². The molecule has 5 heteroatoms. The van der Waals surface area contributed by atoms with E-state index >= 15 is 0 Å². The summed E-state index contributed by atoms with van der Waals surface area (Å²) < 4.78 is 1.76. The van der Waals surface area contributed by atoms with E-state index in [0.29, 0.717) is 23.4 Å². The first kappa shape index (κ1) is 15.0. The lowest BCUT2D eigenvalue weighted by atomic mass is 9.84. The van der Waals surface area contributed by atoms with Crippen LogP contribution in [0.1, 0.15) is 50.4 Å². The number of carbonyl (C=O) groups is 1. The number of Topliss-reactive ketones (excluding diaryl/α,β-unsaturated/α-hetero) is 1. The highest BCUT2D eigenvalue weighted by Gasteiger charge is 2.38. The maximum atomic E-state index is 12.6. The standard InChI is InChI=1S/C16H24ClN3O/c1-3-11-16(17)14(20(2)19-11)9-15(21)13-8-10-6-4-5-7-12(10)18-13/h10,12-13,18H,3-9H2,1-2H3. The van der Waals surface area contributed by atoms with Crippen molar-refractivity contribution in [1.82, 2.24) is 15.1 Å². The molecule has 3 unspecified atom stereocenters. The van der Waals surface area contributed by atoms with E-state index in [1.807, 2.05) is 14.0 Å². The van der Waals surface area contributed by atoms with Gasteiger partial charge >= 0.3 is 0 Å². The summed E-state index contributed by atoms with van der Waals surface area (Å²) in [5.74, 6) is 0.956. The minimum atomic E-state index is 0.00847. The molecule has 1 saturated heterocycles. The van der Waals surface area contributed by atoms with E-state index in [1.165, 1.54) is 25.7 Å². The average molecular weight is 310 g/mol. The van der Waals surface area contributed by atoms with Gasteiger partial charge in [0.25, 0.3) is 0 Å². The molecule has 0 radical (unpaired) electrons. The summed E-state index contributed by atoms with van der Waals surface area (Å²) in [5.41, 5.74) is 1.74. The first-order valence-corrected chi connectivity index (χ1v) is 8.47. The zero-order valence-corrected chi connectivity index (χ0v) is 13.6. The number of halogens is 1. The van der Waals surface area contributed by atoms with Gasteiger partial charge in [-0.25, -0.2) is 0 Å². The molecule has 3 rings (SSSR count). The quantitative estimate of drug-likeness (QED) is 0.930. The second kappa shape index (κ2) is 6.09. The molecule has 0 amide bonds. The van der Waals surface area contributed by atoms with Crippen molar-refractivity contribution in [2.24, 2.45) is 13.0 Å². The lowest BCUT2D eigenvalue weighted by Gasteiger charge is -2.24. The molecule has 2 fully saturated rings. The molecule has 116 valence electrons. The molecule has 1 aliphatic heterocycles. The number of hydrogen-bond acceptors (Lipinski definition) is 3. The minimum absolute atomic E-state index is 0.00847. The van der Waals surface area contributed by atoms with Gasteiger partial charge in [-0.05, 0) is 31.6 Å². The number of aromatic nitrogens is 2. The van der Waals surface area contributed by atoms with Crippen LogP contribution in [0.3, 0.4) is 0 Å². The Morgan fingerprint density at radius 2 is 2.19 bits per heavy atom. The predicted molar refractivity (Wildman–Crippen MR) is 83.6 cm³/mol.